The van der Waals surface area contributed by atoms with Gasteiger partial charge in [-0.3, -0.25) is 4.90 Å². The number of piperazine rings is 1. The van der Waals surface area contributed by atoms with E-state index in [2.05, 4.69) is 50.6 Å². The summed E-state index contributed by atoms with van der Waals surface area (Å²) in [4.78, 5) is 4.99. The van der Waals surface area contributed by atoms with Crippen LogP contribution in [0.1, 0.15) is 24.1 Å². The van der Waals surface area contributed by atoms with Gasteiger partial charge in [0.1, 0.15) is 11.5 Å². The molecule has 0 bridgehead atoms. The second kappa shape index (κ2) is 11.6. The number of nitrogens with one attached hydrogen (secondary N) is 1. The molecular formula is C26H34N4O3. The van der Waals surface area contributed by atoms with E-state index in [9.17, 15) is 0 Å². The number of ether oxygens (including phenoxy) is 2. The summed E-state index contributed by atoms with van der Waals surface area (Å²) in [6.45, 7) is 8.79. The predicted molar refractivity (Wildman–Crippen MR) is 131 cm³/mol. The van der Waals surface area contributed by atoms with Crippen LogP contribution in [-0.4, -0.2) is 56.5 Å². The molecule has 176 valence electrons. The highest BCUT2D eigenvalue weighted by Crippen LogP contribution is 2.22. The second-order valence-corrected chi connectivity index (χ2v) is 8.42. The molecule has 0 aliphatic carbocycles. The van der Waals surface area contributed by atoms with Crippen molar-refractivity contribution in [3.63, 3.8) is 0 Å². The van der Waals surface area contributed by atoms with Crippen molar-refractivity contribution >= 4 is 11.6 Å². The Kier molecular flexibility index (Phi) is 8.09. The van der Waals surface area contributed by atoms with Crippen LogP contribution in [0.3, 0.4) is 0 Å². The molecule has 7 nitrogen and oxygen atoms in total. The lowest BCUT2D eigenvalue weighted by Gasteiger charge is -2.36. The summed E-state index contributed by atoms with van der Waals surface area (Å²) in [6, 6.07) is 18.4. The van der Waals surface area contributed by atoms with E-state index in [-0.39, 0.29) is 0 Å². The molecule has 0 unspecified atom stereocenters. The molecule has 1 saturated heterocycles. The van der Waals surface area contributed by atoms with E-state index in [1.54, 1.807) is 7.11 Å². The van der Waals surface area contributed by atoms with Crippen molar-refractivity contribution in [3.05, 3.63) is 65.9 Å². The third-order valence-corrected chi connectivity index (χ3v) is 5.95. The van der Waals surface area contributed by atoms with Crippen molar-refractivity contribution in [1.29, 1.82) is 0 Å². The first kappa shape index (κ1) is 23.0. The summed E-state index contributed by atoms with van der Waals surface area (Å²) >= 11 is 0. The normalized spacial score (nSPS) is 14.3. The molecule has 0 amide bonds. The number of nitrogens with zero attached hydrogens (tertiary/aromatic N) is 3. The summed E-state index contributed by atoms with van der Waals surface area (Å²) < 4.78 is 16.4. The molecule has 1 N–H and O–H groups in total. The summed E-state index contributed by atoms with van der Waals surface area (Å²) in [5.41, 5.74) is 3.29. The van der Waals surface area contributed by atoms with Crippen molar-refractivity contribution in [1.82, 2.24) is 10.1 Å². The van der Waals surface area contributed by atoms with E-state index in [0.29, 0.717) is 12.4 Å². The molecule has 1 aliphatic heterocycles. The van der Waals surface area contributed by atoms with Gasteiger partial charge in [-0.05, 0) is 56.1 Å². The minimum atomic E-state index is 0.689. The highest BCUT2D eigenvalue weighted by molar-refractivity contribution is 5.51. The van der Waals surface area contributed by atoms with E-state index < -0.39 is 0 Å². The molecule has 0 spiro atoms. The van der Waals surface area contributed by atoms with E-state index in [1.165, 1.54) is 11.3 Å². The molecule has 0 radical (unpaired) electrons. The first-order valence-electron chi connectivity index (χ1n) is 11.7. The molecule has 3 aromatic rings. The van der Waals surface area contributed by atoms with Crippen LogP contribution < -0.4 is 19.7 Å². The lowest BCUT2D eigenvalue weighted by atomic mass is 10.2. The molecule has 1 aromatic heterocycles. The largest absolute Gasteiger partial charge is 0.497 e. The van der Waals surface area contributed by atoms with Crippen molar-refractivity contribution in [2.75, 3.05) is 56.7 Å². The number of anilines is 2. The second-order valence-electron chi connectivity index (χ2n) is 8.42. The van der Waals surface area contributed by atoms with Gasteiger partial charge < -0.3 is 24.2 Å². The number of unbranched alkanes of at least 4 members (excludes halogenated alkanes) is 1. The Balaban J connectivity index is 1.09. The molecule has 2 aromatic carbocycles. The molecule has 1 fully saturated rings. The van der Waals surface area contributed by atoms with Crippen LogP contribution in [0.25, 0.3) is 0 Å². The maximum absolute atomic E-state index is 5.93. The van der Waals surface area contributed by atoms with E-state index >= 15 is 0 Å². The highest BCUT2D eigenvalue weighted by atomic mass is 16.5. The zero-order valence-electron chi connectivity index (χ0n) is 19.6. The Labute approximate surface area is 196 Å². The third kappa shape index (κ3) is 6.89. The SMILES string of the molecule is COc1cccc(N2CCN(CCCCOc3ccc(CNc4cc(C)no4)cc3)CC2)c1. The van der Waals surface area contributed by atoms with Gasteiger partial charge in [0.15, 0.2) is 0 Å². The average molecular weight is 451 g/mol. The van der Waals surface area contributed by atoms with Gasteiger partial charge in [0.2, 0.25) is 5.88 Å². The quantitative estimate of drug-likeness (QED) is 0.429. The molecule has 2 heterocycles. The van der Waals surface area contributed by atoms with Crippen molar-refractivity contribution in [2.45, 2.75) is 26.3 Å². The van der Waals surface area contributed by atoms with Crippen molar-refractivity contribution in [3.8, 4) is 11.5 Å². The summed E-state index contributed by atoms with van der Waals surface area (Å²) in [5.74, 6) is 2.53. The molecule has 7 heteroatoms. The fourth-order valence-electron chi connectivity index (χ4n) is 4.00. The third-order valence-electron chi connectivity index (χ3n) is 5.95. The molecule has 0 atom stereocenters. The summed E-state index contributed by atoms with van der Waals surface area (Å²) in [7, 11) is 1.72. The lowest BCUT2D eigenvalue weighted by Crippen LogP contribution is -2.46. The Bertz CT molecular complexity index is 981. The number of benzene rings is 2. The number of aromatic nitrogens is 1. The maximum atomic E-state index is 5.93. The van der Waals surface area contributed by atoms with Crippen LogP contribution in [0.4, 0.5) is 11.6 Å². The van der Waals surface area contributed by atoms with Gasteiger partial charge in [-0.25, -0.2) is 0 Å². The zero-order chi connectivity index (χ0) is 22.9. The van der Waals surface area contributed by atoms with Crippen LogP contribution in [0.2, 0.25) is 0 Å². The van der Waals surface area contributed by atoms with Crippen molar-refractivity contribution < 1.29 is 14.0 Å². The summed E-state index contributed by atoms with van der Waals surface area (Å²) in [5, 5.41) is 7.10. The number of hydrogen-bond acceptors (Lipinski definition) is 7. The lowest BCUT2D eigenvalue weighted by molar-refractivity contribution is 0.238. The number of rotatable bonds is 11. The first-order valence-corrected chi connectivity index (χ1v) is 11.7. The smallest absolute Gasteiger partial charge is 0.225 e. The molecular weight excluding hydrogens is 416 g/mol. The predicted octanol–water partition coefficient (Wildman–Crippen LogP) is 4.58. The minimum Gasteiger partial charge on any atom is -0.497 e. The standard InChI is InChI=1S/C26H34N4O3/c1-21-18-26(33-28-21)27-20-22-8-10-24(11-9-22)32-17-4-3-12-29-13-15-30(16-14-29)23-6-5-7-25(19-23)31-2/h5-11,18-19,27H,3-4,12-17,20H2,1-2H3. The number of aryl methyl sites for hydroxylation is 1. The van der Waals surface area contributed by atoms with Crippen molar-refractivity contribution in [2.24, 2.45) is 0 Å². The number of methoxy groups -OCH3 is 1. The Morgan fingerprint density at radius 2 is 1.79 bits per heavy atom. The van der Waals surface area contributed by atoms with Crippen LogP contribution in [0.15, 0.2) is 59.1 Å². The Hall–Kier alpha value is -3.19. The minimum absolute atomic E-state index is 0.689. The van der Waals surface area contributed by atoms with Crippen LogP contribution in [0.5, 0.6) is 11.5 Å². The van der Waals surface area contributed by atoms with Gasteiger partial charge in [-0.1, -0.05) is 23.4 Å². The monoisotopic (exact) mass is 450 g/mol. The van der Waals surface area contributed by atoms with Gasteiger partial charge in [0.05, 0.1) is 19.4 Å². The van der Waals surface area contributed by atoms with Gasteiger partial charge in [-0.2, -0.15) is 0 Å². The van der Waals surface area contributed by atoms with Crippen LogP contribution >= 0.6 is 0 Å². The maximum Gasteiger partial charge on any atom is 0.225 e. The molecule has 1 aliphatic rings. The average Bonchev–Trinajstić information content (AvgIpc) is 3.28. The molecule has 4 rings (SSSR count). The van der Waals surface area contributed by atoms with Gasteiger partial charge >= 0.3 is 0 Å². The molecule has 0 saturated carbocycles. The van der Waals surface area contributed by atoms with E-state index in [0.717, 1.165) is 69.4 Å². The van der Waals surface area contributed by atoms with Crippen LogP contribution in [0, 0.1) is 6.92 Å². The van der Waals surface area contributed by atoms with Gasteiger partial charge in [0.25, 0.3) is 0 Å². The highest BCUT2D eigenvalue weighted by Gasteiger charge is 2.17. The van der Waals surface area contributed by atoms with Gasteiger partial charge in [0, 0.05) is 50.5 Å². The first-order chi connectivity index (χ1) is 16.2. The van der Waals surface area contributed by atoms with E-state index in [1.807, 2.05) is 31.2 Å². The summed E-state index contributed by atoms with van der Waals surface area (Å²) in [6.07, 6.45) is 2.21. The fraction of sp³-hybridized carbons (Fsp3) is 0.423. The molecule has 33 heavy (non-hydrogen) atoms. The topological polar surface area (TPSA) is 63.0 Å². The zero-order valence-corrected chi connectivity index (χ0v) is 19.6. The van der Waals surface area contributed by atoms with E-state index in [4.69, 9.17) is 14.0 Å². The van der Waals surface area contributed by atoms with Gasteiger partial charge in [-0.15, -0.1) is 0 Å². The Morgan fingerprint density at radius 3 is 2.52 bits per heavy atom. The van der Waals surface area contributed by atoms with Crippen LogP contribution in [-0.2, 0) is 6.54 Å². The fourth-order valence-corrected chi connectivity index (χ4v) is 4.00. The Morgan fingerprint density at radius 1 is 0.970 bits per heavy atom. The number of hydrogen-bond donors (Lipinski definition) is 1.